The van der Waals surface area contributed by atoms with Crippen molar-refractivity contribution < 1.29 is 14.3 Å². The highest BCUT2D eigenvalue weighted by atomic mass is 79.9. The van der Waals surface area contributed by atoms with Crippen LogP contribution in [0.1, 0.15) is 24.8 Å². The molecule has 2 atom stereocenters. The summed E-state index contributed by atoms with van der Waals surface area (Å²) in [5.41, 5.74) is 2.16. The van der Waals surface area contributed by atoms with Gasteiger partial charge < -0.3 is 14.3 Å². The predicted octanol–water partition coefficient (Wildman–Crippen LogP) is 3.31. The molecule has 1 aromatic carbocycles. The van der Waals surface area contributed by atoms with Crippen molar-refractivity contribution in [3.63, 3.8) is 0 Å². The number of hydrogen-bond acceptors (Lipinski definition) is 4. The Morgan fingerprint density at radius 1 is 1.37 bits per heavy atom. The fourth-order valence-corrected chi connectivity index (χ4v) is 2.62. The van der Waals surface area contributed by atoms with Crippen molar-refractivity contribution in [2.45, 2.75) is 25.0 Å². The second-order valence-electron chi connectivity index (χ2n) is 4.68. The minimum Gasteiger partial charge on any atom is -0.497 e. The van der Waals surface area contributed by atoms with Gasteiger partial charge in [-0.25, -0.2) is 0 Å². The van der Waals surface area contributed by atoms with Gasteiger partial charge in [-0.05, 0) is 17.7 Å². The molecule has 0 radical (unpaired) electrons. The van der Waals surface area contributed by atoms with Crippen LogP contribution in [0, 0.1) is 0 Å². The molecule has 104 valence electrons. The van der Waals surface area contributed by atoms with Crippen molar-refractivity contribution in [3.05, 3.63) is 29.8 Å². The highest BCUT2D eigenvalue weighted by molar-refractivity contribution is 9.09. The van der Waals surface area contributed by atoms with Crippen molar-refractivity contribution in [2.24, 2.45) is 5.16 Å². The van der Waals surface area contributed by atoms with Gasteiger partial charge in [0.2, 0.25) is 5.79 Å². The molecule has 0 saturated heterocycles. The molecule has 0 aromatic heterocycles. The smallest absolute Gasteiger partial charge is 0.234 e. The molecule has 0 saturated carbocycles. The van der Waals surface area contributed by atoms with Crippen LogP contribution in [0.15, 0.2) is 29.4 Å². The molecule has 5 heteroatoms. The van der Waals surface area contributed by atoms with E-state index in [4.69, 9.17) is 14.3 Å². The molecule has 4 nitrogen and oxygen atoms in total. The lowest BCUT2D eigenvalue weighted by atomic mass is 9.87. The molecule has 0 aliphatic carbocycles. The number of halogens is 1. The van der Waals surface area contributed by atoms with E-state index in [9.17, 15) is 0 Å². The quantitative estimate of drug-likeness (QED) is 0.796. The van der Waals surface area contributed by atoms with Gasteiger partial charge in [0.05, 0.1) is 12.8 Å². The van der Waals surface area contributed by atoms with Crippen molar-refractivity contribution in [1.82, 2.24) is 0 Å². The average molecular weight is 328 g/mol. The molecular weight excluding hydrogens is 310 g/mol. The van der Waals surface area contributed by atoms with Gasteiger partial charge in [0.25, 0.3) is 0 Å². The lowest BCUT2D eigenvalue weighted by molar-refractivity contribution is -0.221. The lowest BCUT2D eigenvalue weighted by Gasteiger charge is -2.34. The van der Waals surface area contributed by atoms with Gasteiger partial charge in [-0.3, -0.25) is 0 Å². The zero-order valence-electron chi connectivity index (χ0n) is 11.4. The molecule has 0 N–H and O–H groups in total. The zero-order valence-corrected chi connectivity index (χ0v) is 12.9. The summed E-state index contributed by atoms with van der Waals surface area (Å²) in [7, 11) is 3.30. The molecule has 1 aromatic rings. The Kier molecular flexibility index (Phi) is 4.47. The van der Waals surface area contributed by atoms with Crippen LogP contribution in [0.4, 0.5) is 0 Å². The number of rotatable bonds is 4. The van der Waals surface area contributed by atoms with Gasteiger partial charge >= 0.3 is 0 Å². The maximum atomic E-state index is 5.43. The van der Waals surface area contributed by atoms with E-state index in [0.29, 0.717) is 5.33 Å². The van der Waals surface area contributed by atoms with E-state index in [-0.39, 0.29) is 5.92 Å². The summed E-state index contributed by atoms with van der Waals surface area (Å²) in [4.78, 5) is 5.43. The predicted molar refractivity (Wildman–Crippen MR) is 78.1 cm³/mol. The fraction of sp³-hybridized carbons (Fsp3) is 0.500. The maximum Gasteiger partial charge on any atom is 0.234 e. The monoisotopic (exact) mass is 327 g/mol. The van der Waals surface area contributed by atoms with Crippen LogP contribution in [-0.2, 0) is 9.57 Å². The van der Waals surface area contributed by atoms with Crippen LogP contribution in [0.3, 0.4) is 0 Å². The number of alkyl halides is 1. The van der Waals surface area contributed by atoms with Gasteiger partial charge in [-0.15, -0.1) is 0 Å². The van der Waals surface area contributed by atoms with Crippen molar-refractivity contribution in [1.29, 1.82) is 0 Å². The van der Waals surface area contributed by atoms with E-state index >= 15 is 0 Å². The normalized spacial score (nSPS) is 26.5. The summed E-state index contributed by atoms with van der Waals surface area (Å²) in [5.74, 6) is 0.364. The molecule has 0 bridgehead atoms. The summed E-state index contributed by atoms with van der Waals surface area (Å²) in [6, 6.07) is 8.04. The van der Waals surface area contributed by atoms with Crippen LogP contribution in [0.2, 0.25) is 0 Å². The first-order valence-electron chi connectivity index (χ1n) is 6.12. The third-order valence-corrected chi connectivity index (χ3v) is 3.99. The third kappa shape index (κ3) is 3.09. The van der Waals surface area contributed by atoms with E-state index < -0.39 is 5.79 Å². The summed E-state index contributed by atoms with van der Waals surface area (Å²) in [6.45, 7) is 1.90. The standard InChI is InChI=1S/C14H18BrNO3/c1-14(18-3)8-12(13(9-15)16-19-14)10-4-6-11(17-2)7-5-10/h4-7,12H,8-9H2,1-3H3/t12-,14-/m0/s1. The molecule has 1 aliphatic heterocycles. The first-order valence-corrected chi connectivity index (χ1v) is 7.24. The Hall–Kier alpha value is -1.07. The first kappa shape index (κ1) is 14.3. The van der Waals surface area contributed by atoms with Gasteiger partial charge in [-0.1, -0.05) is 33.2 Å². The number of ether oxygens (including phenoxy) is 2. The van der Waals surface area contributed by atoms with E-state index in [1.165, 1.54) is 5.56 Å². The Labute approximate surface area is 121 Å². The van der Waals surface area contributed by atoms with Gasteiger partial charge in [0.1, 0.15) is 5.75 Å². The molecule has 0 fully saturated rings. The average Bonchev–Trinajstić information content (AvgIpc) is 2.47. The summed E-state index contributed by atoms with van der Waals surface area (Å²) in [6.07, 6.45) is 0.736. The van der Waals surface area contributed by atoms with Gasteiger partial charge in [0, 0.05) is 31.7 Å². The third-order valence-electron chi connectivity index (χ3n) is 3.42. The highest BCUT2D eigenvalue weighted by Crippen LogP contribution is 2.35. The van der Waals surface area contributed by atoms with Crippen molar-refractivity contribution >= 4 is 21.6 Å². The van der Waals surface area contributed by atoms with E-state index in [2.05, 4.69) is 33.2 Å². The van der Waals surface area contributed by atoms with Gasteiger partial charge in [-0.2, -0.15) is 0 Å². The minimum atomic E-state index is -0.670. The van der Waals surface area contributed by atoms with Crippen LogP contribution >= 0.6 is 15.9 Å². The number of hydrogen-bond donors (Lipinski definition) is 0. The molecular formula is C14H18BrNO3. The van der Waals surface area contributed by atoms with Crippen molar-refractivity contribution in [2.75, 3.05) is 19.5 Å². The molecule has 19 heavy (non-hydrogen) atoms. The van der Waals surface area contributed by atoms with E-state index in [1.54, 1.807) is 14.2 Å². The van der Waals surface area contributed by atoms with Crippen LogP contribution in [-0.4, -0.2) is 31.0 Å². The van der Waals surface area contributed by atoms with E-state index in [1.807, 2.05) is 19.1 Å². The summed E-state index contributed by atoms with van der Waals surface area (Å²) in [5, 5.41) is 4.87. The van der Waals surface area contributed by atoms with E-state index in [0.717, 1.165) is 17.9 Å². The number of oxime groups is 1. The van der Waals surface area contributed by atoms with Crippen LogP contribution < -0.4 is 4.74 Å². The van der Waals surface area contributed by atoms with Crippen LogP contribution in [0.25, 0.3) is 0 Å². The molecule has 1 aliphatic rings. The number of benzene rings is 1. The Balaban J connectivity index is 2.28. The largest absolute Gasteiger partial charge is 0.497 e. The topological polar surface area (TPSA) is 40.0 Å². The number of nitrogens with zero attached hydrogens (tertiary/aromatic N) is 1. The van der Waals surface area contributed by atoms with Gasteiger partial charge in [0.15, 0.2) is 0 Å². The molecule has 1 heterocycles. The SMILES string of the molecule is COc1ccc([C@@H]2C[C@@](C)(OC)ON=C2CBr)cc1. The summed E-state index contributed by atoms with van der Waals surface area (Å²) >= 11 is 3.46. The fourth-order valence-electron chi connectivity index (χ4n) is 2.13. The molecule has 0 unspecified atom stereocenters. The van der Waals surface area contributed by atoms with Crippen LogP contribution in [0.5, 0.6) is 5.75 Å². The highest BCUT2D eigenvalue weighted by Gasteiger charge is 2.37. The van der Waals surface area contributed by atoms with Crippen molar-refractivity contribution in [3.8, 4) is 5.75 Å². The molecule has 2 rings (SSSR count). The minimum absolute atomic E-state index is 0.184. The molecule has 0 spiro atoms. The maximum absolute atomic E-state index is 5.43. The first-order chi connectivity index (χ1) is 9.11. The zero-order chi connectivity index (χ0) is 13.9. The second-order valence-corrected chi connectivity index (χ2v) is 5.24. The molecule has 0 amide bonds. The Morgan fingerprint density at radius 2 is 2.05 bits per heavy atom. The second kappa shape index (κ2) is 5.92. The Bertz CT molecular complexity index is 460. The summed E-state index contributed by atoms with van der Waals surface area (Å²) < 4.78 is 10.6. The number of methoxy groups -OCH3 is 2. The lowest BCUT2D eigenvalue weighted by Crippen LogP contribution is -2.38. The Morgan fingerprint density at radius 3 is 2.58 bits per heavy atom.